The highest BCUT2D eigenvalue weighted by Gasteiger charge is 2.14. The average Bonchev–Trinajstić information content (AvgIpc) is 2.00. The number of rotatable bonds is 2. The molecule has 0 radical (unpaired) electrons. The van der Waals surface area contributed by atoms with Gasteiger partial charge in [0, 0.05) is 23.4 Å². The minimum Gasteiger partial charge on any atom is -0.299 e. The van der Waals surface area contributed by atoms with Crippen LogP contribution in [0.25, 0.3) is 0 Å². The first-order chi connectivity index (χ1) is 5.86. The lowest BCUT2D eigenvalue weighted by Crippen LogP contribution is -2.36. The van der Waals surface area contributed by atoms with E-state index in [2.05, 4.69) is 31.9 Å². The summed E-state index contributed by atoms with van der Waals surface area (Å²) in [6.45, 7) is 3.55. The van der Waals surface area contributed by atoms with Gasteiger partial charge in [-0.25, -0.2) is 0 Å². The Morgan fingerprint density at radius 2 is 2.33 bits per heavy atom. The molecule has 2 rings (SSSR count). The van der Waals surface area contributed by atoms with E-state index in [4.69, 9.17) is 0 Å². The molecule has 1 fully saturated rings. The summed E-state index contributed by atoms with van der Waals surface area (Å²) in [5, 5.41) is 0. The van der Waals surface area contributed by atoms with Crippen molar-refractivity contribution in [3.8, 4) is 0 Å². The molecule has 1 aliphatic heterocycles. The molecular formula is C9H11BrN2. The third-order valence-corrected chi connectivity index (χ3v) is 2.91. The molecule has 1 saturated heterocycles. The first kappa shape index (κ1) is 8.20. The van der Waals surface area contributed by atoms with E-state index in [-0.39, 0.29) is 0 Å². The SMILES string of the molecule is Brc1cnccc1CN1CCC1. The fourth-order valence-electron chi connectivity index (χ4n) is 1.31. The van der Waals surface area contributed by atoms with Gasteiger partial charge in [0.1, 0.15) is 0 Å². The molecule has 64 valence electrons. The molecule has 0 saturated carbocycles. The monoisotopic (exact) mass is 226 g/mol. The summed E-state index contributed by atoms with van der Waals surface area (Å²) >= 11 is 3.49. The maximum atomic E-state index is 4.03. The van der Waals surface area contributed by atoms with Gasteiger partial charge < -0.3 is 0 Å². The van der Waals surface area contributed by atoms with Crippen LogP contribution in [0.4, 0.5) is 0 Å². The molecule has 0 atom stereocenters. The summed E-state index contributed by atoms with van der Waals surface area (Å²) in [5.74, 6) is 0. The third-order valence-electron chi connectivity index (χ3n) is 2.20. The van der Waals surface area contributed by atoms with Crippen molar-refractivity contribution in [3.05, 3.63) is 28.5 Å². The molecule has 0 aliphatic carbocycles. The van der Waals surface area contributed by atoms with Gasteiger partial charge in [-0.05, 0) is 47.1 Å². The van der Waals surface area contributed by atoms with Crippen molar-refractivity contribution >= 4 is 15.9 Å². The molecule has 0 amide bonds. The van der Waals surface area contributed by atoms with Crippen LogP contribution in [0, 0.1) is 0 Å². The zero-order valence-corrected chi connectivity index (χ0v) is 8.42. The Morgan fingerprint density at radius 3 is 2.92 bits per heavy atom. The van der Waals surface area contributed by atoms with Gasteiger partial charge in [0.2, 0.25) is 0 Å². The van der Waals surface area contributed by atoms with Crippen LogP contribution in [0.1, 0.15) is 12.0 Å². The molecule has 2 nitrogen and oxygen atoms in total. The fourth-order valence-corrected chi connectivity index (χ4v) is 1.69. The van der Waals surface area contributed by atoms with Crippen molar-refractivity contribution in [1.29, 1.82) is 0 Å². The van der Waals surface area contributed by atoms with Crippen LogP contribution in [-0.2, 0) is 6.54 Å². The molecule has 3 heteroatoms. The van der Waals surface area contributed by atoms with E-state index in [9.17, 15) is 0 Å². The Bertz CT molecular complexity index is 271. The van der Waals surface area contributed by atoms with Crippen molar-refractivity contribution in [1.82, 2.24) is 9.88 Å². The van der Waals surface area contributed by atoms with Gasteiger partial charge in [0.25, 0.3) is 0 Å². The minimum absolute atomic E-state index is 1.06. The molecule has 0 unspecified atom stereocenters. The van der Waals surface area contributed by atoms with Crippen molar-refractivity contribution < 1.29 is 0 Å². The van der Waals surface area contributed by atoms with Gasteiger partial charge >= 0.3 is 0 Å². The van der Waals surface area contributed by atoms with Gasteiger partial charge in [-0.15, -0.1) is 0 Å². The molecule has 1 aromatic rings. The molecule has 1 aliphatic rings. The minimum atomic E-state index is 1.06. The summed E-state index contributed by atoms with van der Waals surface area (Å²) in [7, 11) is 0. The highest BCUT2D eigenvalue weighted by atomic mass is 79.9. The Balaban J connectivity index is 2.06. The first-order valence-electron chi connectivity index (χ1n) is 4.17. The normalized spacial score (nSPS) is 17.4. The zero-order chi connectivity index (χ0) is 8.39. The van der Waals surface area contributed by atoms with Crippen LogP contribution >= 0.6 is 15.9 Å². The lowest BCUT2D eigenvalue weighted by atomic mass is 10.2. The molecule has 0 N–H and O–H groups in total. The number of nitrogens with zero attached hydrogens (tertiary/aromatic N) is 2. The quantitative estimate of drug-likeness (QED) is 0.768. The van der Waals surface area contributed by atoms with Crippen molar-refractivity contribution in [2.75, 3.05) is 13.1 Å². The second-order valence-electron chi connectivity index (χ2n) is 3.10. The third kappa shape index (κ3) is 1.67. The van der Waals surface area contributed by atoms with Gasteiger partial charge in [-0.2, -0.15) is 0 Å². The number of pyridine rings is 1. The summed E-state index contributed by atoms with van der Waals surface area (Å²) in [6, 6.07) is 2.07. The summed E-state index contributed by atoms with van der Waals surface area (Å²) < 4.78 is 1.12. The lowest BCUT2D eigenvalue weighted by Gasteiger charge is -2.30. The van der Waals surface area contributed by atoms with E-state index in [0.717, 1.165) is 11.0 Å². The summed E-state index contributed by atoms with van der Waals surface area (Å²) in [4.78, 5) is 6.46. The second-order valence-corrected chi connectivity index (χ2v) is 3.95. The maximum Gasteiger partial charge on any atom is 0.0413 e. The average molecular weight is 227 g/mol. The summed E-state index contributed by atoms with van der Waals surface area (Å²) in [6.07, 6.45) is 5.05. The van der Waals surface area contributed by atoms with E-state index in [1.807, 2.05) is 12.4 Å². The standard InChI is InChI=1S/C9H11BrN2/c10-9-6-11-3-2-8(9)7-12-4-1-5-12/h2-3,6H,1,4-5,7H2. The second kappa shape index (κ2) is 3.54. The topological polar surface area (TPSA) is 16.1 Å². The summed E-state index contributed by atoms with van der Waals surface area (Å²) in [5.41, 5.74) is 1.34. The highest BCUT2D eigenvalue weighted by molar-refractivity contribution is 9.10. The highest BCUT2D eigenvalue weighted by Crippen LogP contribution is 2.18. The molecule has 0 spiro atoms. The van der Waals surface area contributed by atoms with Crippen LogP contribution in [0.15, 0.2) is 22.9 Å². The molecule has 12 heavy (non-hydrogen) atoms. The lowest BCUT2D eigenvalue weighted by molar-refractivity contribution is 0.172. The van der Waals surface area contributed by atoms with E-state index < -0.39 is 0 Å². The molecule has 1 aromatic heterocycles. The predicted molar refractivity (Wildman–Crippen MR) is 51.8 cm³/mol. The van der Waals surface area contributed by atoms with Crippen LogP contribution < -0.4 is 0 Å². The predicted octanol–water partition coefficient (Wildman–Crippen LogP) is 2.05. The Morgan fingerprint density at radius 1 is 1.50 bits per heavy atom. The van der Waals surface area contributed by atoms with Gasteiger partial charge in [-0.3, -0.25) is 9.88 Å². The van der Waals surface area contributed by atoms with Gasteiger partial charge in [0.05, 0.1) is 0 Å². The smallest absolute Gasteiger partial charge is 0.0413 e. The largest absolute Gasteiger partial charge is 0.299 e. The zero-order valence-electron chi connectivity index (χ0n) is 6.83. The number of aromatic nitrogens is 1. The van der Waals surface area contributed by atoms with E-state index in [1.54, 1.807) is 0 Å². The van der Waals surface area contributed by atoms with Crippen molar-refractivity contribution in [3.63, 3.8) is 0 Å². The number of hydrogen-bond donors (Lipinski definition) is 0. The van der Waals surface area contributed by atoms with Crippen LogP contribution in [-0.4, -0.2) is 23.0 Å². The molecule has 0 aromatic carbocycles. The first-order valence-corrected chi connectivity index (χ1v) is 4.96. The molecule has 2 heterocycles. The van der Waals surface area contributed by atoms with E-state index >= 15 is 0 Å². The Hall–Kier alpha value is -0.410. The van der Waals surface area contributed by atoms with Crippen molar-refractivity contribution in [2.45, 2.75) is 13.0 Å². The molecular weight excluding hydrogens is 216 g/mol. The van der Waals surface area contributed by atoms with Gasteiger partial charge in [-0.1, -0.05) is 0 Å². The van der Waals surface area contributed by atoms with Crippen molar-refractivity contribution in [2.24, 2.45) is 0 Å². The fraction of sp³-hybridized carbons (Fsp3) is 0.444. The van der Waals surface area contributed by atoms with Crippen LogP contribution in [0.2, 0.25) is 0 Å². The van der Waals surface area contributed by atoms with E-state index in [1.165, 1.54) is 25.1 Å². The number of likely N-dealkylation sites (tertiary alicyclic amines) is 1. The molecule has 0 bridgehead atoms. The van der Waals surface area contributed by atoms with Gasteiger partial charge in [0.15, 0.2) is 0 Å². The van der Waals surface area contributed by atoms with Crippen LogP contribution in [0.3, 0.4) is 0 Å². The maximum absolute atomic E-state index is 4.03. The number of hydrogen-bond acceptors (Lipinski definition) is 2. The number of halogens is 1. The Kier molecular flexibility index (Phi) is 2.42. The Labute approximate surface area is 80.7 Å². The van der Waals surface area contributed by atoms with Crippen LogP contribution in [0.5, 0.6) is 0 Å². The van der Waals surface area contributed by atoms with E-state index in [0.29, 0.717) is 0 Å².